The Labute approximate surface area is 162 Å². The minimum atomic E-state index is -3.62. The number of ether oxygens (including phenoxy) is 1. The van der Waals surface area contributed by atoms with Gasteiger partial charge in [-0.3, -0.25) is 4.79 Å². The molecule has 1 fully saturated rings. The van der Waals surface area contributed by atoms with Gasteiger partial charge in [0.1, 0.15) is 5.82 Å². The van der Waals surface area contributed by atoms with E-state index < -0.39 is 34.1 Å². The van der Waals surface area contributed by atoms with Crippen LogP contribution < -0.4 is 0 Å². The SMILES string of the molecule is CS(=O)(=O)c1ccccc1C(=O)OCC(=O)N(Cc1ccccc1F)C1CC1. The summed E-state index contributed by atoms with van der Waals surface area (Å²) in [6.45, 7) is -0.449. The molecule has 0 atom stereocenters. The smallest absolute Gasteiger partial charge is 0.339 e. The number of sulfone groups is 1. The third kappa shape index (κ3) is 4.75. The number of rotatable bonds is 7. The largest absolute Gasteiger partial charge is 0.452 e. The highest BCUT2D eigenvalue weighted by Crippen LogP contribution is 2.29. The van der Waals surface area contributed by atoms with Gasteiger partial charge in [0.05, 0.1) is 10.5 Å². The molecule has 1 aliphatic carbocycles. The molecule has 0 spiro atoms. The van der Waals surface area contributed by atoms with Crippen molar-refractivity contribution in [3.8, 4) is 0 Å². The molecular formula is C20H20FNO5S. The topological polar surface area (TPSA) is 80.7 Å². The van der Waals surface area contributed by atoms with Gasteiger partial charge >= 0.3 is 5.97 Å². The van der Waals surface area contributed by atoms with Crippen LogP contribution in [0.1, 0.15) is 28.8 Å². The van der Waals surface area contributed by atoms with Gasteiger partial charge in [0.15, 0.2) is 16.4 Å². The minimum Gasteiger partial charge on any atom is -0.452 e. The van der Waals surface area contributed by atoms with E-state index in [9.17, 15) is 22.4 Å². The lowest BCUT2D eigenvalue weighted by molar-refractivity contribution is -0.135. The van der Waals surface area contributed by atoms with Crippen LogP contribution >= 0.6 is 0 Å². The van der Waals surface area contributed by atoms with Crippen LogP contribution in [0, 0.1) is 5.82 Å². The summed E-state index contributed by atoms with van der Waals surface area (Å²) in [5.74, 6) is -1.74. The number of carbonyl (C=O) groups is 2. The Kier molecular flexibility index (Phi) is 5.79. The summed E-state index contributed by atoms with van der Waals surface area (Å²) in [6, 6.07) is 11.8. The first-order valence-corrected chi connectivity index (χ1v) is 10.7. The van der Waals surface area contributed by atoms with Crippen LogP contribution in [-0.2, 0) is 25.9 Å². The summed E-state index contributed by atoms with van der Waals surface area (Å²) < 4.78 is 42.6. The average molecular weight is 405 g/mol. The second-order valence-corrected chi connectivity index (χ2v) is 8.67. The standard InChI is InChI=1S/C20H20FNO5S/c1-28(25,26)18-9-5-3-7-16(18)20(24)27-13-19(23)22(15-10-11-15)12-14-6-2-4-8-17(14)21/h2-9,15H,10-13H2,1H3. The second kappa shape index (κ2) is 8.10. The number of nitrogens with zero attached hydrogens (tertiary/aromatic N) is 1. The minimum absolute atomic E-state index is 0.00545. The van der Waals surface area contributed by atoms with Crippen LogP contribution in [0.25, 0.3) is 0 Å². The number of hydrogen-bond donors (Lipinski definition) is 0. The lowest BCUT2D eigenvalue weighted by Gasteiger charge is -2.22. The highest BCUT2D eigenvalue weighted by molar-refractivity contribution is 7.90. The van der Waals surface area contributed by atoms with Crippen LogP contribution in [0.15, 0.2) is 53.4 Å². The van der Waals surface area contributed by atoms with E-state index in [0.717, 1.165) is 19.1 Å². The molecule has 0 aromatic heterocycles. The number of esters is 1. The summed E-state index contributed by atoms with van der Waals surface area (Å²) in [5.41, 5.74) is 0.265. The molecule has 8 heteroatoms. The van der Waals surface area contributed by atoms with Crippen LogP contribution in [-0.4, -0.2) is 44.1 Å². The van der Waals surface area contributed by atoms with Crippen molar-refractivity contribution in [3.63, 3.8) is 0 Å². The molecule has 28 heavy (non-hydrogen) atoms. The van der Waals surface area contributed by atoms with Crippen molar-refractivity contribution >= 4 is 21.7 Å². The van der Waals surface area contributed by atoms with E-state index in [2.05, 4.69) is 0 Å². The van der Waals surface area contributed by atoms with E-state index in [0.29, 0.717) is 5.56 Å². The van der Waals surface area contributed by atoms with Gasteiger partial charge in [-0.25, -0.2) is 17.6 Å². The molecule has 0 unspecified atom stereocenters. The third-order valence-corrected chi connectivity index (χ3v) is 5.59. The maximum Gasteiger partial charge on any atom is 0.339 e. The van der Waals surface area contributed by atoms with E-state index >= 15 is 0 Å². The lowest BCUT2D eigenvalue weighted by atomic mass is 10.2. The number of halogens is 1. The zero-order valence-electron chi connectivity index (χ0n) is 15.3. The highest BCUT2D eigenvalue weighted by atomic mass is 32.2. The van der Waals surface area contributed by atoms with Gasteiger partial charge in [-0.15, -0.1) is 0 Å². The van der Waals surface area contributed by atoms with Crippen molar-refractivity contribution in [2.75, 3.05) is 12.9 Å². The summed E-state index contributed by atoms with van der Waals surface area (Å²) in [7, 11) is -3.62. The Hall–Kier alpha value is -2.74. The monoisotopic (exact) mass is 405 g/mol. The van der Waals surface area contributed by atoms with Gasteiger partial charge in [0, 0.05) is 24.4 Å². The fourth-order valence-corrected chi connectivity index (χ4v) is 3.74. The molecule has 1 aliphatic rings. The van der Waals surface area contributed by atoms with Crippen molar-refractivity contribution in [2.45, 2.75) is 30.3 Å². The summed E-state index contributed by atoms with van der Waals surface area (Å²) >= 11 is 0. The van der Waals surface area contributed by atoms with Crippen LogP contribution in [0.2, 0.25) is 0 Å². The zero-order valence-corrected chi connectivity index (χ0v) is 16.1. The van der Waals surface area contributed by atoms with E-state index in [4.69, 9.17) is 4.74 Å². The molecule has 2 aromatic rings. The third-order valence-electron chi connectivity index (χ3n) is 4.44. The van der Waals surface area contributed by atoms with Crippen molar-refractivity contribution < 1.29 is 27.1 Å². The summed E-state index contributed by atoms with van der Waals surface area (Å²) in [4.78, 5) is 26.2. The van der Waals surface area contributed by atoms with Crippen LogP contribution in [0.3, 0.4) is 0 Å². The van der Waals surface area contributed by atoms with E-state index in [1.54, 1.807) is 18.2 Å². The van der Waals surface area contributed by atoms with Crippen LogP contribution in [0.5, 0.6) is 0 Å². The zero-order chi connectivity index (χ0) is 20.3. The predicted molar refractivity (Wildman–Crippen MR) is 99.8 cm³/mol. The first-order valence-electron chi connectivity index (χ1n) is 8.76. The molecule has 2 aromatic carbocycles. The van der Waals surface area contributed by atoms with Crippen molar-refractivity contribution in [2.24, 2.45) is 0 Å². The maximum absolute atomic E-state index is 13.9. The fourth-order valence-electron chi connectivity index (χ4n) is 2.86. The highest BCUT2D eigenvalue weighted by Gasteiger charge is 2.33. The van der Waals surface area contributed by atoms with E-state index in [-0.39, 0.29) is 23.0 Å². The Morgan fingerprint density at radius 3 is 2.39 bits per heavy atom. The molecule has 1 amide bonds. The quantitative estimate of drug-likeness (QED) is 0.662. The average Bonchev–Trinajstić information content (AvgIpc) is 3.49. The molecule has 6 nitrogen and oxygen atoms in total. The molecule has 1 saturated carbocycles. The number of amides is 1. The Balaban J connectivity index is 1.69. The number of carbonyl (C=O) groups excluding carboxylic acids is 2. The lowest BCUT2D eigenvalue weighted by Crippen LogP contribution is -2.36. The molecular weight excluding hydrogens is 385 g/mol. The van der Waals surface area contributed by atoms with Crippen molar-refractivity contribution in [1.82, 2.24) is 4.90 Å². The number of hydrogen-bond acceptors (Lipinski definition) is 5. The molecule has 0 saturated heterocycles. The van der Waals surface area contributed by atoms with Gasteiger partial charge in [-0.05, 0) is 31.0 Å². The van der Waals surface area contributed by atoms with Gasteiger partial charge in [0.25, 0.3) is 5.91 Å². The normalized spacial score (nSPS) is 13.8. The first kappa shape index (κ1) is 20.0. The van der Waals surface area contributed by atoms with E-state index in [1.807, 2.05) is 0 Å². The van der Waals surface area contributed by atoms with Gasteiger partial charge in [-0.1, -0.05) is 30.3 Å². The fraction of sp³-hybridized carbons (Fsp3) is 0.300. The number of benzene rings is 2. The molecule has 3 rings (SSSR count). The summed E-state index contributed by atoms with van der Waals surface area (Å²) in [6.07, 6.45) is 2.61. The molecule has 148 valence electrons. The molecule has 0 radical (unpaired) electrons. The maximum atomic E-state index is 13.9. The van der Waals surface area contributed by atoms with Crippen molar-refractivity contribution in [1.29, 1.82) is 0 Å². The van der Waals surface area contributed by atoms with Gasteiger partial charge < -0.3 is 9.64 Å². The molecule has 0 heterocycles. The van der Waals surface area contributed by atoms with E-state index in [1.165, 1.54) is 35.2 Å². The predicted octanol–water partition coefficient (Wildman–Crippen LogP) is 2.58. The van der Waals surface area contributed by atoms with Crippen molar-refractivity contribution in [3.05, 3.63) is 65.5 Å². The Bertz CT molecular complexity index is 1000. The van der Waals surface area contributed by atoms with Gasteiger partial charge in [0.2, 0.25) is 0 Å². The molecule has 0 aliphatic heterocycles. The Morgan fingerprint density at radius 2 is 1.75 bits per heavy atom. The van der Waals surface area contributed by atoms with Crippen LogP contribution in [0.4, 0.5) is 4.39 Å². The molecule has 0 bridgehead atoms. The molecule has 0 N–H and O–H groups in total. The van der Waals surface area contributed by atoms with Gasteiger partial charge in [-0.2, -0.15) is 0 Å². The second-order valence-electron chi connectivity index (χ2n) is 6.69. The Morgan fingerprint density at radius 1 is 1.11 bits per heavy atom. The summed E-state index contributed by atoms with van der Waals surface area (Å²) in [5, 5.41) is 0. The first-order chi connectivity index (χ1) is 13.3.